The highest BCUT2D eigenvalue weighted by Crippen LogP contribution is 2.24. The molecule has 0 amide bonds. The standard InChI is InChI=1S/C17H22N2O/c1-12-8-13(2)14(3)17(9-12)20-11-16-7-5-6-15(19-16)10-18-4/h5-9,18H,10-11H2,1-4H3. The van der Waals surface area contributed by atoms with Crippen LogP contribution in [0.5, 0.6) is 5.75 Å². The van der Waals surface area contributed by atoms with Gasteiger partial charge in [-0.25, -0.2) is 0 Å². The third kappa shape index (κ3) is 3.58. The molecule has 0 bridgehead atoms. The van der Waals surface area contributed by atoms with E-state index in [-0.39, 0.29) is 0 Å². The van der Waals surface area contributed by atoms with Gasteiger partial charge in [-0.3, -0.25) is 4.98 Å². The van der Waals surface area contributed by atoms with Crippen molar-refractivity contribution in [3.05, 3.63) is 58.4 Å². The molecular formula is C17H22N2O. The number of hydrogen-bond acceptors (Lipinski definition) is 3. The van der Waals surface area contributed by atoms with Gasteiger partial charge in [0.15, 0.2) is 0 Å². The highest BCUT2D eigenvalue weighted by Gasteiger charge is 2.05. The summed E-state index contributed by atoms with van der Waals surface area (Å²) in [6.07, 6.45) is 0. The molecule has 0 atom stereocenters. The van der Waals surface area contributed by atoms with Crippen molar-refractivity contribution >= 4 is 0 Å². The molecule has 1 aromatic carbocycles. The molecule has 0 saturated carbocycles. The van der Waals surface area contributed by atoms with Gasteiger partial charge in [0.05, 0.1) is 11.4 Å². The molecule has 20 heavy (non-hydrogen) atoms. The Morgan fingerprint density at radius 1 is 1.10 bits per heavy atom. The molecule has 1 aromatic heterocycles. The summed E-state index contributed by atoms with van der Waals surface area (Å²) in [6.45, 7) is 7.57. The molecular weight excluding hydrogens is 248 g/mol. The van der Waals surface area contributed by atoms with Gasteiger partial charge in [-0.15, -0.1) is 0 Å². The van der Waals surface area contributed by atoms with Crippen molar-refractivity contribution in [2.24, 2.45) is 0 Å². The fourth-order valence-corrected chi connectivity index (χ4v) is 2.19. The SMILES string of the molecule is CNCc1cccc(COc2cc(C)cc(C)c2C)n1. The minimum absolute atomic E-state index is 0.501. The number of pyridine rings is 1. The van der Waals surface area contributed by atoms with E-state index in [1.54, 1.807) is 0 Å². The average molecular weight is 270 g/mol. The van der Waals surface area contributed by atoms with Crippen molar-refractivity contribution < 1.29 is 4.74 Å². The normalized spacial score (nSPS) is 10.6. The van der Waals surface area contributed by atoms with Gasteiger partial charge in [-0.1, -0.05) is 12.1 Å². The minimum atomic E-state index is 0.501. The molecule has 0 fully saturated rings. The van der Waals surface area contributed by atoms with Crippen LogP contribution in [0.15, 0.2) is 30.3 Å². The highest BCUT2D eigenvalue weighted by atomic mass is 16.5. The molecule has 0 spiro atoms. The number of rotatable bonds is 5. The number of nitrogens with one attached hydrogen (secondary N) is 1. The minimum Gasteiger partial charge on any atom is -0.487 e. The number of ether oxygens (including phenoxy) is 1. The second kappa shape index (κ2) is 6.53. The Kier molecular flexibility index (Phi) is 4.74. The zero-order chi connectivity index (χ0) is 14.5. The molecule has 1 heterocycles. The van der Waals surface area contributed by atoms with Gasteiger partial charge < -0.3 is 10.1 Å². The van der Waals surface area contributed by atoms with Gasteiger partial charge >= 0.3 is 0 Å². The number of aromatic nitrogens is 1. The summed E-state index contributed by atoms with van der Waals surface area (Å²) in [5, 5.41) is 3.11. The Labute approximate surface area is 121 Å². The second-order valence-corrected chi connectivity index (χ2v) is 5.14. The first kappa shape index (κ1) is 14.5. The van der Waals surface area contributed by atoms with Gasteiger partial charge in [0.1, 0.15) is 12.4 Å². The Hall–Kier alpha value is -1.87. The Balaban J connectivity index is 2.10. The number of hydrogen-bond donors (Lipinski definition) is 1. The van der Waals surface area contributed by atoms with E-state index in [9.17, 15) is 0 Å². The molecule has 0 aliphatic rings. The zero-order valence-electron chi connectivity index (χ0n) is 12.7. The van der Waals surface area contributed by atoms with Gasteiger partial charge in [-0.05, 0) is 62.7 Å². The molecule has 1 N–H and O–H groups in total. The van der Waals surface area contributed by atoms with Gasteiger partial charge in [-0.2, -0.15) is 0 Å². The lowest BCUT2D eigenvalue weighted by Gasteiger charge is -2.12. The lowest BCUT2D eigenvalue weighted by Crippen LogP contribution is -2.09. The number of nitrogens with zero attached hydrogens (tertiary/aromatic N) is 1. The van der Waals surface area contributed by atoms with Crippen LogP contribution in [-0.4, -0.2) is 12.0 Å². The molecule has 0 aliphatic carbocycles. The van der Waals surface area contributed by atoms with Crippen molar-refractivity contribution in [2.45, 2.75) is 33.9 Å². The fraction of sp³-hybridized carbons (Fsp3) is 0.353. The van der Waals surface area contributed by atoms with Crippen LogP contribution in [0.2, 0.25) is 0 Å². The van der Waals surface area contributed by atoms with Crippen LogP contribution >= 0.6 is 0 Å². The molecule has 2 aromatic rings. The molecule has 0 saturated heterocycles. The average Bonchev–Trinajstić information content (AvgIpc) is 2.42. The molecule has 0 unspecified atom stereocenters. The summed E-state index contributed by atoms with van der Waals surface area (Å²) in [5.41, 5.74) is 5.67. The maximum Gasteiger partial charge on any atom is 0.130 e. The lowest BCUT2D eigenvalue weighted by atomic mass is 10.1. The summed E-state index contributed by atoms with van der Waals surface area (Å²) in [5.74, 6) is 0.948. The van der Waals surface area contributed by atoms with Gasteiger partial charge in [0, 0.05) is 6.54 Å². The number of benzene rings is 1. The summed E-state index contributed by atoms with van der Waals surface area (Å²) in [6, 6.07) is 10.3. The van der Waals surface area contributed by atoms with Crippen LogP contribution < -0.4 is 10.1 Å². The van der Waals surface area contributed by atoms with Crippen molar-refractivity contribution in [3.8, 4) is 5.75 Å². The van der Waals surface area contributed by atoms with Crippen LogP contribution in [0.3, 0.4) is 0 Å². The van der Waals surface area contributed by atoms with E-state index in [4.69, 9.17) is 4.74 Å². The van der Waals surface area contributed by atoms with Crippen molar-refractivity contribution in [1.29, 1.82) is 0 Å². The summed E-state index contributed by atoms with van der Waals surface area (Å²) >= 11 is 0. The third-order valence-corrected chi connectivity index (χ3v) is 3.36. The van der Waals surface area contributed by atoms with Crippen molar-refractivity contribution in [2.75, 3.05) is 7.05 Å². The topological polar surface area (TPSA) is 34.1 Å². The van der Waals surface area contributed by atoms with Crippen LogP contribution in [-0.2, 0) is 13.2 Å². The van der Waals surface area contributed by atoms with Crippen LogP contribution in [0.25, 0.3) is 0 Å². The first-order valence-electron chi connectivity index (χ1n) is 6.90. The first-order valence-corrected chi connectivity index (χ1v) is 6.90. The fourth-order valence-electron chi connectivity index (χ4n) is 2.19. The first-order chi connectivity index (χ1) is 9.60. The van der Waals surface area contributed by atoms with Crippen molar-refractivity contribution in [3.63, 3.8) is 0 Å². The second-order valence-electron chi connectivity index (χ2n) is 5.14. The molecule has 2 rings (SSSR count). The quantitative estimate of drug-likeness (QED) is 0.905. The number of aryl methyl sites for hydroxylation is 2. The van der Waals surface area contributed by atoms with E-state index in [0.717, 1.165) is 23.7 Å². The molecule has 3 heteroatoms. The van der Waals surface area contributed by atoms with Crippen LogP contribution in [0.1, 0.15) is 28.1 Å². The van der Waals surface area contributed by atoms with E-state index < -0.39 is 0 Å². The summed E-state index contributed by atoms with van der Waals surface area (Å²) in [4.78, 5) is 4.56. The van der Waals surface area contributed by atoms with E-state index >= 15 is 0 Å². The molecule has 3 nitrogen and oxygen atoms in total. The smallest absolute Gasteiger partial charge is 0.130 e. The van der Waals surface area contributed by atoms with Crippen LogP contribution in [0.4, 0.5) is 0 Å². The Bertz CT molecular complexity index is 594. The summed E-state index contributed by atoms with van der Waals surface area (Å²) < 4.78 is 5.93. The van der Waals surface area contributed by atoms with E-state index in [0.29, 0.717) is 6.61 Å². The molecule has 0 radical (unpaired) electrons. The molecule has 106 valence electrons. The van der Waals surface area contributed by atoms with E-state index in [1.807, 2.05) is 25.2 Å². The lowest BCUT2D eigenvalue weighted by molar-refractivity contribution is 0.298. The highest BCUT2D eigenvalue weighted by molar-refractivity contribution is 5.42. The van der Waals surface area contributed by atoms with E-state index in [1.165, 1.54) is 16.7 Å². The third-order valence-electron chi connectivity index (χ3n) is 3.36. The predicted molar refractivity (Wildman–Crippen MR) is 82.0 cm³/mol. The Morgan fingerprint density at radius 2 is 1.85 bits per heavy atom. The largest absolute Gasteiger partial charge is 0.487 e. The summed E-state index contributed by atoms with van der Waals surface area (Å²) in [7, 11) is 1.92. The van der Waals surface area contributed by atoms with Gasteiger partial charge in [0.25, 0.3) is 0 Å². The maximum absolute atomic E-state index is 5.93. The van der Waals surface area contributed by atoms with Crippen molar-refractivity contribution in [1.82, 2.24) is 10.3 Å². The predicted octanol–water partition coefficient (Wildman–Crippen LogP) is 3.31. The monoisotopic (exact) mass is 270 g/mol. The van der Waals surface area contributed by atoms with Gasteiger partial charge in [0.2, 0.25) is 0 Å². The van der Waals surface area contributed by atoms with Crippen LogP contribution in [0, 0.1) is 20.8 Å². The zero-order valence-corrected chi connectivity index (χ0v) is 12.7. The van der Waals surface area contributed by atoms with E-state index in [2.05, 4.69) is 43.2 Å². The Morgan fingerprint density at radius 3 is 2.60 bits per heavy atom. The molecule has 0 aliphatic heterocycles. The maximum atomic E-state index is 5.93.